The van der Waals surface area contributed by atoms with E-state index in [0.717, 1.165) is 12.8 Å². The summed E-state index contributed by atoms with van der Waals surface area (Å²) in [5, 5.41) is 0. The molecule has 0 aromatic rings. The molecule has 1 heterocycles. The predicted octanol–water partition coefficient (Wildman–Crippen LogP) is 2.66. The summed E-state index contributed by atoms with van der Waals surface area (Å²) in [6.45, 7) is 4.24. The molecule has 0 N–H and O–H groups in total. The maximum atomic E-state index is 11.0. The molecule has 0 radical (unpaired) electrons. The molecule has 1 unspecified atom stereocenters. The molecule has 0 bridgehead atoms. The molecule has 1 aliphatic carbocycles. The molecule has 1 aliphatic heterocycles. The van der Waals surface area contributed by atoms with Crippen LogP contribution in [0.25, 0.3) is 0 Å². The van der Waals surface area contributed by atoms with Crippen molar-refractivity contribution in [3.8, 4) is 0 Å². The summed E-state index contributed by atoms with van der Waals surface area (Å²) in [6, 6.07) is 0. The van der Waals surface area contributed by atoms with Crippen molar-refractivity contribution >= 4 is 6.16 Å². The Hall–Kier alpha value is -0.990. The monoisotopic (exact) mass is 196 g/mol. The molecule has 0 aromatic carbocycles. The summed E-state index contributed by atoms with van der Waals surface area (Å²) >= 11 is 0. The van der Waals surface area contributed by atoms with Gasteiger partial charge in [0.25, 0.3) is 0 Å². The number of ether oxygens (including phenoxy) is 2. The van der Waals surface area contributed by atoms with E-state index < -0.39 is 6.16 Å². The summed E-state index contributed by atoms with van der Waals surface area (Å²) in [5.74, 6) is 0. The van der Waals surface area contributed by atoms with Crippen LogP contribution in [0.4, 0.5) is 4.79 Å². The van der Waals surface area contributed by atoms with Gasteiger partial charge >= 0.3 is 6.16 Å². The van der Waals surface area contributed by atoms with Crippen LogP contribution in [0.2, 0.25) is 0 Å². The fourth-order valence-corrected chi connectivity index (χ4v) is 2.53. The lowest BCUT2D eigenvalue weighted by atomic mass is 9.70. The number of carbonyl (C=O) groups is 1. The van der Waals surface area contributed by atoms with Gasteiger partial charge in [0, 0.05) is 5.41 Å². The van der Waals surface area contributed by atoms with Gasteiger partial charge in [-0.05, 0) is 12.8 Å². The van der Waals surface area contributed by atoms with Gasteiger partial charge in [-0.1, -0.05) is 31.9 Å². The summed E-state index contributed by atoms with van der Waals surface area (Å²) < 4.78 is 10.1. The molecule has 3 nitrogen and oxygen atoms in total. The molecular weight excluding hydrogens is 180 g/mol. The van der Waals surface area contributed by atoms with Crippen molar-refractivity contribution in [3.05, 3.63) is 12.7 Å². The van der Waals surface area contributed by atoms with Gasteiger partial charge in [-0.3, -0.25) is 0 Å². The second kappa shape index (κ2) is 3.64. The van der Waals surface area contributed by atoms with E-state index in [4.69, 9.17) is 9.47 Å². The van der Waals surface area contributed by atoms with Gasteiger partial charge in [0.05, 0.1) is 0 Å². The zero-order valence-electron chi connectivity index (χ0n) is 8.33. The van der Waals surface area contributed by atoms with E-state index in [-0.39, 0.29) is 11.5 Å². The maximum Gasteiger partial charge on any atom is 0.508 e. The van der Waals surface area contributed by atoms with Gasteiger partial charge in [-0.25, -0.2) is 4.79 Å². The highest BCUT2D eigenvalue weighted by atomic mass is 16.7. The molecule has 78 valence electrons. The predicted molar refractivity (Wildman–Crippen MR) is 51.9 cm³/mol. The maximum absolute atomic E-state index is 11.0. The first kappa shape index (κ1) is 9.56. The molecule has 1 saturated carbocycles. The zero-order valence-corrected chi connectivity index (χ0v) is 8.33. The van der Waals surface area contributed by atoms with Crippen molar-refractivity contribution in [1.82, 2.24) is 0 Å². The first-order valence-electron chi connectivity index (χ1n) is 5.23. The Balaban J connectivity index is 2.14. The van der Waals surface area contributed by atoms with Crippen LogP contribution in [0.5, 0.6) is 0 Å². The lowest BCUT2D eigenvalue weighted by Crippen LogP contribution is -2.47. The van der Waals surface area contributed by atoms with E-state index in [0.29, 0.717) is 6.61 Å². The molecule has 1 atom stereocenters. The number of rotatable bonds is 1. The second-order valence-corrected chi connectivity index (χ2v) is 4.24. The fourth-order valence-electron chi connectivity index (χ4n) is 2.53. The van der Waals surface area contributed by atoms with Gasteiger partial charge in [-0.2, -0.15) is 0 Å². The summed E-state index contributed by atoms with van der Waals surface area (Å²) in [6.07, 6.45) is 6.88. The van der Waals surface area contributed by atoms with Gasteiger partial charge in [-0.15, -0.1) is 0 Å². The first-order chi connectivity index (χ1) is 6.77. The normalized spacial score (nSPS) is 30.6. The van der Waals surface area contributed by atoms with Gasteiger partial charge in [0.15, 0.2) is 0 Å². The van der Waals surface area contributed by atoms with Crippen LogP contribution in [0.1, 0.15) is 32.1 Å². The van der Waals surface area contributed by atoms with E-state index in [1.54, 1.807) is 6.08 Å². The van der Waals surface area contributed by atoms with Crippen molar-refractivity contribution < 1.29 is 14.3 Å². The van der Waals surface area contributed by atoms with E-state index in [9.17, 15) is 4.79 Å². The third-order valence-electron chi connectivity index (χ3n) is 3.37. The minimum atomic E-state index is -0.550. The molecule has 2 rings (SSSR count). The number of carbonyl (C=O) groups excluding carboxylic acids is 1. The van der Waals surface area contributed by atoms with Crippen LogP contribution < -0.4 is 0 Å². The highest BCUT2D eigenvalue weighted by molar-refractivity contribution is 5.61. The minimum absolute atomic E-state index is 0.0217. The highest BCUT2D eigenvalue weighted by Crippen LogP contribution is 2.43. The molecular formula is C11H16O3. The molecule has 2 aliphatic rings. The molecule has 1 spiro atoms. The largest absolute Gasteiger partial charge is 0.508 e. The molecule has 14 heavy (non-hydrogen) atoms. The van der Waals surface area contributed by atoms with Crippen molar-refractivity contribution in [2.75, 3.05) is 6.61 Å². The number of cyclic esters (lactones) is 2. The van der Waals surface area contributed by atoms with Crippen molar-refractivity contribution in [3.63, 3.8) is 0 Å². The Morgan fingerprint density at radius 3 is 2.71 bits per heavy atom. The zero-order chi connectivity index (χ0) is 10.0. The first-order valence-corrected chi connectivity index (χ1v) is 5.23. The van der Waals surface area contributed by atoms with E-state index in [1.165, 1.54) is 19.3 Å². The molecule has 1 saturated heterocycles. The molecule has 2 fully saturated rings. The second-order valence-electron chi connectivity index (χ2n) is 4.24. The average molecular weight is 196 g/mol. The van der Waals surface area contributed by atoms with Crippen molar-refractivity contribution in [2.45, 2.75) is 38.2 Å². The lowest BCUT2D eigenvalue weighted by molar-refractivity contribution is -0.105. The minimum Gasteiger partial charge on any atom is -0.434 e. The van der Waals surface area contributed by atoms with Crippen molar-refractivity contribution in [1.29, 1.82) is 0 Å². The number of hydrogen-bond donors (Lipinski definition) is 0. The van der Waals surface area contributed by atoms with E-state index in [1.807, 2.05) is 0 Å². The Labute approximate surface area is 84.1 Å². The average Bonchev–Trinajstić information content (AvgIpc) is 2.23. The summed E-state index contributed by atoms with van der Waals surface area (Å²) in [5.41, 5.74) is 0.0217. The van der Waals surface area contributed by atoms with Gasteiger partial charge in [0.1, 0.15) is 12.7 Å². The van der Waals surface area contributed by atoms with Crippen LogP contribution in [0.15, 0.2) is 12.7 Å². The van der Waals surface area contributed by atoms with Gasteiger partial charge in [0.2, 0.25) is 0 Å². The Bertz CT molecular complexity index is 241. The molecule has 0 amide bonds. The lowest BCUT2D eigenvalue weighted by Gasteiger charge is -2.43. The Morgan fingerprint density at radius 1 is 1.36 bits per heavy atom. The van der Waals surface area contributed by atoms with Crippen LogP contribution >= 0.6 is 0 Å². The quantitative estimate of drug-likeness (QED) is 0.477. The third kappa shape index (κ3) is 1.51. The van der Waals surface area contributed by atoms with Crippen molar-refractivity contribution in [2.24, 2.45) is 5.41 Å². The number of hydrogen-bond acceptors (Lipinski definition) is 3. The third-order valence-corrected chi connectivity index (χ3v) is 3.37. The topological polar surface area (TPSA) is 35.5 Å². The van der Waals surface area contributed by atoms with Gasteiger partial charge < -0.3 is 9.47 Å². The van der Waals surface area contributed by atoms with Crippen LogP contribution in [-0.2, 0) is 9.47 Å². The summed E-state index contributed by atoms with van der Waals surface area (Å²) in [4.78, 5) is 11.0. The van der Waals surface area contributed by atoms with Crippen LogP contribution in [-0.4, -0.2) is 18.9 Å². The SMILES string of the molecule is C=CC1OC(=O)OCC12CCCCC2. The van der Waals surface area contributed by atoms with E-state index in [2.05, 4.69) is 6.58 Å². The van der Waals surface area contributed by atoms with Crippen LogP contribution in [0, 0.1) is 5.41 Å². The molecule has 0 aromatic heterocycles. The highest BCUT2D eigenvalue weighted by Gasteiger charge is 2.45. The molecule has 3 heteroatoms. The standard InChI is InChI=1S/C11H16O3/c1-2-9-11(6-4-3-5-7-11)8-13-10(12)14-9/h2,9H,1,3-8H2. The Morgan fingerprint density at radius 2 is 2.07 bits per heavy atom. The Kier molecular flexibility index (Phi) is 2.48. The fraction of sp³-hybridized carbons (Fsp3) is 0.727. The smallest absolute Gasteiger partial charge is 0.434 e. The van der Waals surface area contributed by atoms with Crippen LogP contribution in [0.3, 0.4) is 0 Å². The van der Waals surface area contributed by atoms with E-state index >= 15 is 0 Å². The summed E-state index contributed by atoms with van der Waals surface area (Å²) in [7, 11) is 0.